The third kappa shape index (κ3) is 4.69. The van der Waals surface area contributed by atoms with Gasteiger partial charge in [-0.3, -0.25) is 14.2 Å². The number of hydrogen-bond acceptors (Lipinski definition) is 7. The van der Waals surface area contributed by atoms with E-state index < -0.39 is 39.6 Å². The standard InChI is InChI=1S/C23H23N5O6S/c29-19(25-17-8-10-35(32,33)14-17)13-28-22(30)20-21(24-15-26(20)12-18-7-4-9-34-18)27(23(28)31)11-16-5-2-1-3-6-16/h1-7,9,15,17H,8,10-14H2,(H,25,29). The number of nitrogens with zero attached hydrogens (tertiary/aromatic N) is 4. The minimum Gasteiger partial charge on any atom is -0.467 e. The van der Waals surface area contributed by atoms with Crippen LogP contribution in [-0.2, 0) is 34.3 Å². The molecule has 1 aromatic carbocycles. The Hall–Kier alpha value is -3.93. The van der Waals surface area contributed by atoms with Crippen molar-refractivity contribution in [1.82, 2.24) is 24.0 Å². The first-order valence-corrected chi connectivity index (χ1v) is 12.9. The van der Waals surface area contributed by atoms with E-state index in [1.54, 1.807) is 16.7 Å². The van der Waals surface area contributed by atoms with Gasteiger partial charge in [0.05, 0.1) is 37.2 Å². The fraction of sp³-hybridized carbons (Fsp3) is 0.304. The summed E-state index contributed by atoms with van der Waals surface area (Å²) >= 11 is 0. The van der Waals surface area contributed by atoms with Crippen LogP contribution in [0.25, 0.3) is 11.2 Å². The second kappa shape index (κ2) is 9.02. The van der Waals surface area contributed by atoms with Gasteiger partial charge in [-0.1, -0.05) is 30.3 Å². The Balaban J connectivity index is 1.56. The molecule has 12 heteroatoms. The van der Waals surface area contributed by atoms with Crippen molar-refractivity contribution in [3.63, 3.8) is 0 Å². The molecule has 1 aliphatic heterocycles. The fourth-order valence-electron chi connectivity index (χ4n) is 4.30. The molecule has 182 valence electrons. The molecule has 4 heterocycles. The number of fused-ring (bicyclic) bond motifs is 1. The van der Waals surface area contributed by atoms with Gasteiger partial charge in [0.15, 0.2) is 21.0 Å². The number of amides is 1. The van der Waals surface area contributed by atoms with Crippen LogP contribution in [-0.4, -0.2) is 50.6 Å². The van der Waals surface area contributed by atoms with E-state index in [0.717, 1.165) is 10.1 Å². The Morgan fingerprint density at radius 2 is 1.89 bits per heavy atom. The first kappa shape index (κ1) is 22.8. The number of carbonyl (C=O) groups excluding carboxylic acids is 1. The maximum atomic E-state index is 13.4. The molecule has 1 N–H and O–H groups in total. The largest absolute Gasteiger partial charge is 0.467 e. The van der Waals surface area contributed by atoms with E-state index in [-0.39, 0.29) is 35.8 Å². The van der Waals surface area contributed by atoms with Crippen molar-refractivity contribution < 1.29 is 17.6 Å². The molecular formula is C23H23N5O6S. The molecule has 3 aromatic heterocycles. The molecule has 1 saturated heterocycles. The summed E-state index contributed by atoms with van der Waals surface area (Å²) in [6, 6.07) is 12.2. The highest BCUT2D eigenvalue weighted by Gasteiger charge is 2.29. The van der Waals surface area contributed by atoms with E-state index in [0.29, 0.717) is 12.2 Å². The lowest BCUT2D eigenvalue weighted by atomic mass is 10.2. The molecule has 0 saturated carbocycles. The first-order valence-electron chi connectivity index (χ1n) is 11.1. The molecule has 1 amide bonds. The first-order chi connectivity index (χ1) is 16.8. The Bertz CT molecular complexity index is 1600. The van der Waals surface area contributed by atoms with Gasteiger partial charge >= 0.3 is 5.69 Å². The topological polar surface area (TPSA) is 138 Å². The molecule has 11 nitrogen and oxygen atoms in total. The number of sulfone groups is 1. The quantitative estimate of drug-likeness (QED) is 0.389. The van der Waals surface area contributed by atoms with Crippen LogP contribution in [0.3, 0.4) is 0 Å². The van der Waals surface area contributed by atoms with Gasteiger partial charge in [-0.2, -0.15) is 0 Å². The number of benzene rings is 1. The van der Waals surface area contributed by atoms with Crippen molar-refractivity contribution in [3.8, 4) is 0 Å². The normalized spacial score (nSPS) is 17.1. The highest BCUT2D eigenvalue weighted by atomic mass is 32.2. The minimum atomic E-state index is -3.19. The summed E-state index contributed by atoms with van der Waals surface area (Å²) in [6.45, 7) is -0.171. The minimum absolute atomic E-state index is 0.000298. The third-order valence-electron chi connectivity index (χ3n) is 5.97. The third-order valence-corrected chi connectivity index (χ3v) is 7.74. The molecule has 0 aliphatic carbocycles. The number of aromatic nitrogens is 4. The Morgan fingerprint density at radius 1 is 1.09 bits per heavy atom. The lowest BCUT2D eigenvalue weighted by Gasteiger charge is -2.14. The maximum Gasteiger partial charge on any atom is 0.333 e. The molecule has 35 heavy (non-hydrogen) atoms. The van der Waals surface area contributed by atoms with Crippen molar-refractivity contribution in [2.75, 3.05) is 11.5 Å². The summed E-state index contributed by atoms with van der Waals surface area (Å²) in [5.74, 6) is -0.161. The van der Waals surface area contributed by atoms with Gasteiger partial charge in [-0.15, -0.1) is 0 Å². The Labute approximate surface area is 199 Å². The van der Waals surface area contributed by atoms with Crippen LogP contribution in [0.4, 0.5) is 0 Å². The molecule has 1 atom stereocenters. The van der Waals surface area contributed by atoms with E-state index in [2.05, 4.69) is 10.3 Å². The number of furan rings is 1. The monoisotopic (exact) mass is 497 g/mol. The van der Waals surface area contributed by atoms with Crippen LogP contribution >= 0.6 is 0 Å². The zero-order valence-corrected chi connectivity index (χ0v) is 19.5. The van der Waals surface area contributed by atoms with Gasteiger partial charge in [-0.05, 0) is 24.1 Å². The van der Waals surface area contributed by atoms with Crippen LogP contribution in [0.5, 0.6) is 0 Å². The number of rotatable bonds is 7. The molecule has 4 aromatic rings. The van der Waals surface area contributed by atoms with Crippen LogP contribution in [0.1, 0.15) is 17.7 Å². The molecule has 0 bridgehead atoms. The lowest BCUT2D eigenvalue weighted by molar-refractivity contribution is -0.122. The van der Waals surface area contributed by atoms with Gasteiger partial charge in [-0.25, -0.2) is 22.8 Å². The van der Waals surface area contributed by atoms with E-state index in [1.165, 1.54) is 17.2 Å². The zero-order chi connectivity index (χ0) is 24.6. The van der Waals surface area contributed by atoms with Crippen molar-refractivity contribution in [1.29, 1.82) is 0 Å². The molecule has 0 radical (unpaired) electrons. The van der Waals surface area contributed by atoms with Crippen molar-refractivity contribution in [3.05, 3.63) is 87.2 Å². The van der Waals surface area contributed by atoms with Gasteiger partial charge in [0.2, 0.25) is 5.91 Å². The summed E-state index contributed by atoms with van der Waals surface area (Å²) < 4.78 is 32.6. The van der Waals surface area contributed by atoms with Crippen LogP contribution in [0, 0.1) is 0 Å². The molecule has 1 unspecified atom stereocenters. The number of nitrogens with one attached hydrogen (secondary N) is 1. The summed E-state index contributed by atoms with van der Waals surface area (Å²) in [4.78, 5) is 43.9. The molecule has 0 spiro atoms. The van der Waals surface area contributed by atoms with E-state index in [4.69, 9.17) is 4.42 Å². The number of imidazole rings is 1. The van der Waals surface area contributed by atoms with Gasteiger partial charge in [0.1, 0.15) is 12.3 Å². The van der Waals surface area contributed by atoms with Crippen molar-refractivity contribution in [2.24, 2.45) is 0 Å². The molecule has 1 aliphatic rings. The highest BCUT2D eigenvalue weighted by molar-refractivity contribution is 7.91. The average Bonchev–Trinajstić information content (AvgIpc) is 3.56. The maximum absolute atomic E-state index is 13.4. The summed E-state index contributed by atoms with van der Waals surface area (Å²) in [6.07, 6.45) is 3.28. The van der Waals surface area contributed by atoms with E-state index in [1.807, 2.05) is 30.3 Å². The average molecular weight is 498 g/mol. The lowest BCUT2D eigenvalue weighted by Crippen LogP contribution is -2.46. The summed E-state index contributed by atoms with van der Waals surface area (Å²) in [5, 5.41) is 2.64. The Kier molecular flexibility index (Phi) is 5.89. The number of carbonyl (C=O) groups is 1. The predicted octanol–water partition coefficient (Wildman–Crippen LogP) is 0.353. The molecular weight excluding hydrogens is 474 g/mol. The zero-order valence-electron chi connectivity index (χ0n) is 18.7. The van der Waals surface area contributed by atoms with Crippen LogP contribution in [0.2, 0.25) is 0 Å². The van der Waals surface area contributed by atoms with Gasteiger partial charge < -0.3 is 14.3 Å². The van der Waals surface area contributed by atoms with E-state index >= 15 is 0 Å². The molecule has 1 fully saturated rings. The van der Waals surface area contributed by atoms with Gasteiger partial charge in [0, 0.05) is 6.04 Å². The number of hydrogen-bond donors (Lipinski definition) is 1. The van der Waals surface area contributed by atoms with E-state index in [9.17, 15) is 22.8 Å². The van der Waals surface area contributed by atoms with Crippen LogP contribution in [0.15, 0.2) is 69.1 Å². The second-order valence-corrected chi connectivity index (χ2v) is 10.8. The van der Waals surface area contributed by atoms with Crippen molar-refractivity contribution >= 4 is 26.9 Å². The van der Waals surface area contributed by atoms with Crippen LogP contribution < -0.4 is 16.6 Å². The Morgan fingerprint density at radius 3 is 2.57 bits per heavy atom. The fourth-order valence-corrected chi connectivity index (χ4v) is 5.98. The SMILES string of the molecule is O=C(Cn1c(=O)c2c(ncn2Cc2ccco2)n(Cc2ccccc2)c1=O)NC1CCS(=O)(=O)C1. The smallest absolute Gasteiger partial charge is 0.333 e. The van der Waals surface area contributed by atoms with Gasteiger partial charge in [0.25, 0.3) is 5.56 Å². The predicted molar refractivity (Wildman–Crippen MR) is 127 cm³/mol. The second-order valence-electron chi connectivity index (χ2n) is 8.54. The summed E-state index contributed by atoms with van der Waals surface area (Å²) in [7, 11) is -3.19. The van der Waals surface area contributed by atoms with Crippen molar-refractivity contribution in [2.45, 2.75) is 32.1 Å². The summed E-state index contributed by atoms with van der Waals surface area (Å²) in [5.41, 5.74) is -0.152. The highest BCUT2D eigenvalue weighted by Crippen LogP contribution is 2.13. The molecule has 5 rings (SSSR count).